The van der Waals surface area contributed by atoms with Gasteiger partial charge in [-0.15, -0.1) is 0 Å². The van der Waals surface area contributed by atoms with E-state index >= 15 is 0 Å². The van der Waals surface area contributed by atoms with Crippen LogP contribution >= 0.6 is 11.8 Å². The molecular weight excluding hydrogens is 222 g/mol. The topological polar surface area (TPSA) is 55.6 Å². The predicted octanol–water partition coefficient (Wildman–Crippen LogP) is 2.15. The molecule has 6 heteroatoms. The van der Waals surface area contributed by atoms with E-state index in [1.54, 1.807) is 6.33 Å². The number of aryl methyl sites for hydroxylation is 1. The highest BCUT2D eigenvalue weighted by molar-refractivity contribution is 7.98. The lowest BCUT2D eigenvalue weighted by Gasteiger charge is -2.02. The van der Waals surface area contributed by atoms with Crippen LogP contribution in [0.3, 0.4) is 0 Å². The van der Waals surface area contributed by atoms with Crippen molar-refractivity contribution in [3.8, 4) is 0 Å². The molecule has 2 aromatic heterocycles. The summed E-state index contributed by atoms with van der Waals surface area (Å²) in [5, 5.41) is 3.77. The van der Waals surface area contributed by atoms with E-state index in [-0.39, 0.29) is 0 Å². The SMILES string of the molecule is CC.CNc1nc(SC)nc2c1ncn2C. The summed E-state index contributed by atoms with van der Waals surface area (Å²) in [7, 11) is 3.76. The number of fused-ring (bicyclic) bond motifs is 1. The number of imidazole rings is 1. The van der Waals surface area contributed by atoms with Gasteiger partial charge in [-0.1, -0.05) is 25.6 Å². The van der Waals surface area contributed by atoms with Crippen molar-refractivity contribution in [2.24, 2.45) is 7.05 Å². The van der Waals surface area contributed by atoms with Crippen LogP contribution in [-0.4, -0.2) is 32.8 Å². The second-order valence-electron chi connectivity index (χ2n) is 2.84. The van der Waals surface area contributed by atoms with E-state index in [4.69, 9.17) is 0 Å². The highest BCUT2D eigenvalue weighted by Gasteiger charge is 2.09. The van der Waals surface area contributed by atoms with Gasteiger partial charge in [-0.2, -0.15) is 0 Å². The highest BCUT2D eigenvalue weighted by Crippen LogP contribution is 2.20. The van der Waals surface area contributed by atoms with Gasteiger partial charge in [-0.25, -0.2) is 15.0 Å². The van der Waals surface area contributed by atoms with E-state index in [0.717, 1.165) is 22.1 Å². The molecule has 1 N–H and O–H groups in total. The van der Waals surface area contributed by atoms with Gasteiger partial charge in [0.1, 0.15) is 5.52 Å². The third kappa shape index (κ3) is 2.27. The van der Waals surface area contributed by atoms with Crippen molar-refractivity contribution in [2.75, 3.05) is 18.6 Å². The van der Waals surface area contributed by atoms with Gasteiger partial charge in [0, 0.05) is 14.1 Å². The molecule has 0 atom stereocenters. The number of rotatable bonds is 2. The summed E-state index contributed by atoms with van der Waals surface area (Å²) >= 11 is 1.52. The number of aromatic nitrogens is 4. The molecule has 0 amide bonds. The maximum absolute atomic E-state index is 4.37. The Kier molecular flexibility index (Phi) is 4.54. The molecule has 2 aromatic rings. The van der Waals surface area contributed by atoms with Crippen molar-refractivity contribution >= 4 is 28.7 Å². The molecule has 2 rings (SSSR count). The van der Waals surface area contributed by atoms with Crippen LogP contribution in [0, 0.1) is 0 Å². The third-order valence-corrected chi connectivity index (χ3v) is 2.51. The molecule has 0 aliphatic heterocycles. The van der Waals surface area contributed by atoms with Gasteiger partial charge in [0.25, 0.3) is 0 Å². The zero-order valence-electron chi connectivity index (χ0n) is 10.3. The van der Waals surface area contributed by atoms with E-state index in [1.165, 1.54) is 11.8 Å². The van der Waals surface area contributed by atoms with Gasteiger partial charge in [0.05, 0.1) is 6.33 Å². The molecule has 0 aromatic carbocycles. The molecule has 0 fully saturated rings. The molecule has 16 heavy (non-hydrogen) atoms. The summed E-state index contributed by atoms with van der Waals surface area (Å²) in [6.07, 6.45) is 3.70. The minimum absolute atomic E-state index is 0.755. The zero-order chi connectivity index (χ0) is 12.1. The van der Waals surface area contributed by atoms with Crippen LogP contribution in [0.4, 0.5) is 5.82 Å². The first kappa shape index (κ1) is 12.8. The number of anilines is 1. The lowest BCUT2D eigenvalue weighted by Crippen LogP contribution is -1.98. The van der Waals surface area contributed by atoms with E-state index < -0.39 is 0 Å². The Hall–Kier alpha value is -1.30. The van der Waals surface area contributed by atoms with Crippen LogP contribution in [0.25, 0.3) is 11.2 Å². The number of nitrogens with one attached hydrogen (secondary N) is 1. The second-order valence-corrected chi connectivity index (χ2v) is 3.61. The minimum Gasteiger partial charge on any atom is -0.371 e. The van der Waals surface area contributed by atoms with Crippen LogP contribution in [0.2, 0.25) is 0 Å². The smallest absolute Gasteiger partial charge is 0.191 e. The molecule has 0 saturated heterocycles. The van der Waals surface area contributed by atoms with Crippen LogP contribution in [0.15, 0.2) is 11.5 Å². The average Bonchev–Trinajstić information content (AvgIpc) is 2.72. The quantitative estimate of drug-likeness (QED) is 0.643. The first-order chi connectivity index (χ1) is 7.76. The Morgan fingerprint density at radius 3 is 2.56 bits per heavy atom. The van der Waals surface area contributed by atoms with Gasteiger partial charge in [-0.05, 0) is 6.26 Å². The maximum atomic E-state index is 4.37. The zero-order valence-corrected chi connectivity index (χ0v) is 11.1. The van der Waals surface area contributed by atoms with Crippen LogP contribution in [0.1, 0.15) is 13.8 Å². The molecule has 5 nitrogen and oxygen atoms in total. The highest BCUT2D eigenvalue weighted by atomic mass is 32.2. The number of hydrogen-bond acceptors (Lipinski definition) is 5. The number of thioether (sulfide) groups is 1. The molecule has 0 spiro atoms. The van der Waals surface area contributed by atoms with Crippen LogP contribution in [0.5, 0.6) is 0 Å². The molecule has 0 saturated carbocycles. The lowest BCUT2D eigenvalue weighted by molar-refractivity contribution is 0.902. The summed E-state index contributed by atoms with van der Waals surface area (Å²) in [6, 6.07) is 0. The van der Waals surface area contributed by atoms with Crippen molar-refractivity contribution in [2.45, 2.75) is 19.0 Å². The Morgan fingerprint density at radius 1 is 1.31 bits per heavy atom. The third-order valence-electron chi connectivity index (χ3n) is 1.96. The fraction of sp³-hybridized carbons (Fsp3) is 0.500. The van der Waals surface area contributed by atoms with Crippen molar-refractivity contribution in [1.82, 2.24) is 19.5 Å². The maximum Gasteiger partial charge on any atom is 0.191 e. The average molecular weight is 239 g/mol. The number of nitrogens with zero attached hydrogens (tertiary/aromatic N) is 4. The largest absolute Gasteiger partial charge is 0.371 e. The standard InChI is InChI=1S/C8H11N5S.C2H6/c1-9-6-5-7(13(2)4-10-5)12-8(11-6)14-3;1-2/h4H,1-3H3,(H,9,11,12);1-2H3. The minimum atomic E-state index is 0.755. The molecule has 88 valence electrons. The lowest BCUT2D eigenvalue weighted by atomic mass is 10.5. The summed E-state index contributed by atoms with van der Waals surface area (Å²) in [5.41, 5.74) is 1.67. The molecule has 2 heterocycles. The Morgan fingerprint density at radius 2 is 2.00 bits per heavy atom. The van der Waals surface area contributed by atoms with Gasteiger partial charge in [-0.3, -0.25) is 0 Å². The molecular formula is C10H17N5S. The monoisotopic (exact) mass is 239 g/mol. The summed E-state index contributed by atoms with van der Waals surface area (Å²) in [5.74, 6) is 0.778. The van der Waals surface area contributed by atoms with E-state index in [2.05, 4.69) is 20.3 Å². The Labute approximate surface area is 99.7 Å². The molecule has 0 bridgehead atoms. The van der Waals surface area contributed by atoms with E-state index in [1.807, 2.05) is 38.8 Å². The van der Waals surface area contributed by atoms with Crippen LogP contribution in [-0.2, 0) is 7.05 Å². The van der Waals surface area contributed by atoms with Crippen molar-refractivity contribution < 1.29 is 0 Å². The van der Waals surface area contributed by atoms with Gasteiger partial charge >= 0.3 is 0 Å². The van der Waals surface area contributed by atoms with Gasteiger partial charge in [0.15, 0.2) is 16.6 Å². The fourth-order valence-electron chi connectivity index (χ4n) is 1.25. The molecule has 0 radical (unpaired) electrons. The Bertz CT molecular complexity index is 465. The van der Waals surface area contributed by atoms with Crippen molar-refractivity contribution in [1.29, 1.82) is 0 Å². The normalized spacial score (nSPS) is 9.81. The molecule has 0 aliphatic rings. The second kappa shape index (κ2) is 5.69. The van der Waals surface area contributed by atoms with E-state index in [0.29, 0.717) is 0 Å². The summed E-state index contributed by atoms with van der Waals surface area (Å²) in [6.45, 7) is 4.00. The van der Waals surface area contributed by atoms with Gasteiger partial charge < -0.3 is 9.88 Å². The van der Waals surface area contributed by atoms with E-state index in [9.17, 15) is 0 Å². The number of hydrogen-bond donors (Lipinski definition) is 1. The van der Waals surface area contributed by atoms with Crippen molar-refractivity contribution in [3.63, 3.8) is 0 Å². The molecule has 0 unspecified atom stereocenters. The van der Waals surface area contributed by atoms with Crippen LogP contribution < -0.4 is 5.32 Å². The Balaban J connectivity index is 0.000000606. The summed E-state index contributed by atoms with van der Waals surface area (Å²) in [4.78, 5) is 12.9. The summed E-state index contributed by atoms with van der Waals surface area (Å²) < 4.78 is 1.89. The van der Waals surface area contributed by atoms with Crippen molar-refractivity contribution in [3.05, 3.63) is 6.33 Å². The molecule has 0 aliphatic carbocycles. The fourth-order valence-corrected chi connectivity index (χ4v) is 1.61. The first-order valence-electron chi connectivity index (χ1n) is 5.17. The predicted molar refractivity (Wildman–Crippen MR) is 69.0 cm³/mol. The van der Waals surface area contributed by atoms with Gasteiger partial charge in [0.2, 0.25) is 0 Å². The first-order valence-corrected chi connectivity index (χ1v) is 6.39.